The Balaban J connectivity index is 1.37. The Bertz CT molecular complexity index is 1050. The van der Waals surface area contributed by atoms with Gasteiger partial charge in [-0.15, -0.1) is 0 Å². The molecule has 0 atom stereocenters. The Morgan fingerprint density at radius 3 is 2.39 bits per heavy atom. The van der Waals surface area contributed by atoms with Gasteiger partial charge in [0.2, 0.25) is 0 Å². The molecule has 1 fully saturated rings. The predicted octanol–water partition coefficient (Wildman–Crippen LogP) is 4.07. The lowest BCUT2D eigenvalue weighted by atomic mass is 9.90. The molecule has 1 saturated heterocycles. The number of nitrogens with zero attached hydrogens (tertiary/aromatic N) is 2. The molecule has 2 heterocycles. The predicted molar refractivity (Wildman–Crippen MR) is 123 cm³/mol. The summed E-state index contributed by atoms with van der Waals surface area (Å²) in [6.45, 7) is 2.94. The van der Waals surface area contributed by atoms with Gasteiger partial charge in [0.25, 0.3) is 5.56 Å². The number of aromatic hydroxyl groups is 1. The van der Waals surface area contributed by atoms with Gasteiger partial charge in [-0.05, 0) is 56.0 Å². The molecule has 5 nitrogen and oxygen atoms in total. The standard InChI is InChI=1S/C26H30N2O3/c1-31-24-10-6-5-9-22(24)19-28-16-13-23(25(29)26(28)30)18-27-14-11-21(12-15-27)17-20-7-3-2-4-8-20/h2-10,13,16,21,29H,11-12,14-15,17-19H2,1H3. The van der Waals surface area contributed by atoms with Crippen LogP contribution in [0.15, 0.2) is 71.7 Å². The number of pyridine rings is 1. The maximum absolute atomic E-state index is 12.7. The van der Waals surface area contributed by atoms with Crippen molar-refractivity contribution in [1.82, 2.24) is 9.47 Å². The van der Waals surface area contributed by atoms with Gasteiger partial charge in [0, 0.05) is 23.9 Å². The van der Waals surface area contributed by atoms with Crippen LogP contribution >= 0.6 is 0 Å². The van der Waals surface area contributed by atoms with Crippen molar-refractivity contribution in [3.8, 4) is 11.5 Å². The van der Waals surface area contributed by atoms with Gasteiger partial charge in [-0.1, -0.05) is 48.5 Å². The minimum Gasteiger partial charge on any atom is -0.503 e. The van der Waals surface area contributed by atoms with Crippen LogP contribution in [0.5, 0.6) is 11.5 Å². The third kappa shape index (κ3) is 5.17. The summed E-state index contributed by atoms with van der Waals surface area (Å²) in [4.78, 5) is 15.1. The molecular formula is C26H30N2O3. The average molecular weight is 419 g/mol. The number of piperidine rings is 1. The number of para-hydroxylation sites is 1. The van der Waals surface area contributed by atoms with E-state index in [4.69, 9.17) is 4.74 Å². The Hall–Kier alpha value is -3.05. The van der Waals surface area contributed by atoms with Crippen molar-refractivity contribution in [3.63, 3.8) is 0 Å². The summed E-state index contributed by atoms with van der Waals surface area (Å²) in [5.41, 5.74) is 2.64. The van der Waals surface area contributed by atoms with Crippen LogP contribution in [0.2, 0.25) is 0 Å². The Kier molecular flexibility index (Phi) is 6.73. The fourth-order valence-corrected chi connectivity index (χ4v) is 4.41. The van der Waals surface area contributed by atoms with Gasteiger partial charge in [-0.3, -0.25) is 9.69 Å². The zero-order chi connectivity index (χ0) is 21.6. The normalized spacial score (nSPS) is 15.1. The first-order chi connectivity index (χ1) is 15.1. The lowest BCUT2D eigenvalue weighted by molar-refractivity contribution is 0.175. The number of rotatable bonds is 7. The summed E-state index contributed by atoms with van der Waals surface area (Å²) in [6.07, 6.45) is 5.17. The number of ether oxygens (including phenoxy) is 1. The first-order valence-electron chi connectivity index (χ1n) is 10.9. The van der Waals surface area contributed by atoms with E-state index in [1.54, 1.807) is 13.3 Å². The van der Waals surface area contributed by atoms with Crippen molar-refractivity contribution < 1.29 is 9.84 Å². The summed E-state index contributed by atoms with van der Waals surface area (Å²) < 4.78 is 6.90. The van der Waals surface area contributed by atoms with Crippen LogP contribution in [0.3, 0.4) is 0 Å². The lowest BCUT2D eigenvalue weighted by Crippen LogP contribution is -2.34. The van der Waals surface area contributed by atoms with Crippen LogP contribution in [0, 0.1) is 5.92 Å². The van der Waals surface area contributed by atoms with Crippen LogP contribution in [-0.4, -0.2) is 34.8 Å². The van der Waals surface area contributed by atoms with E-state index in [9.17, 15) is 9.90 Å². The van der Waals surface area contributed by atoms with Crippen molar-refractivity contribution >= 4 is 0 Å². The van der Waals surface area contributed by atoms with Crippen LogP contribution < -0.4 is 10.3 Å². The van der Waals surface area contributed by atoms with E-state index in [0.29, 0.717) is 24.6 Å². The quantitative estimate of drug-likeness (QED) is 0.629. The highest BCUT2D eigenvalue weighted by atomic mass is 16.5. The molecule has 1 aromatic heterocycles. The van der Waals surface area contributed by atoms with Crippen molar-refractivity contribution in [2.45, 2.75) is 32.4 Å². The second kappa shape index (κ2) is 9.84. The van der Waals surface area contributed by atoms with E-state index in [1.807, 2.05) is 30.3 Å². The molecule has 2 aromatic carbocycles. The maximum atomic E-state index is 12.7. The second-order valence-corrected chi connectivity index (χ2v) is 8.34. The molecule has 1 N–H and O–H groups in total. The van der Waals surface area contributed by atoms with Gasteiger partial charge in [0.15, 0.2) is 5.75 Å². The molecule has 1 aliphatic heterocycles. The van der Waals surface area contributed by atoms with Crippen LogP contribution in [0.1, 0.15) is 29.5 Å². The minimum absolute atomic E-state index is 0.149. The molecule has 0 radical (unpaired) electrons. The van der Waals surface area contributed by atoms with Gasteiger partial charge < -0.3 is 14.4 Å². The molecule has 0 spiro atoms. The average Bonchev–Trinajstić information content (AvgIpc) is 2.81. The molecule has 0 bridgehead atoms. The molecule has 162 valence electrons. The molecule has 3 aromatic rings. The molecule has 4 rings (SSSR count). The summed E-state index contributed by atoms with van der Waals surface area (Å²) >= 11 is 0. The molecule has 0 saturated carbocycles. The first-order valence-corrected chi connectivity index (χ1v) is 10.9. The van der Waals surface area contributed by atoms with E-state index in [-0.39, 0.29) is 11.3 Å². The number of benzene rings is 2. The Morgan fingerprint density at radius 2 is 1.65 bits per heavy atom. The van der Waals surface area contributed by atoms with Crippen molar-refractivity contribution in [1.29, 1.82) is 0 Å². The zero-order valence-corrected chi connectivity index (χ0v) is 18.0. The number of methoxy groups -OCH3 is 1. The van der Waals surface area contributed by atoms with Crippen molar-refractivity contribution in [3.05, 3.63) is 93.9 Å². The van der Waals surface area contributed by atoms with E-state index in [0.717, 1.165) is 43.7 Å². The zero-order valence-electron chi connectivity index (χ0n) is 18.0. The van der Waals surface area contributed by atoms with Gasteiger partial charge in [-0.25, -0.2) is 0 Å². The number of hydrogen-bond donors (Lipinski definition) is 1. The molecule has 5 heteroatoms. The summed E-state index contributed by atoms with van der Waals surface area (Å²) in [5.74, 6) is 1.28. The van der Waals surface area contributed by atoms with E-state index >= 15 is 0 Å². The molecular weight excluding hydrogens is 388 g/mol. The molecule has 1 aliphatic rings. The summed E-state index contributed by atoms with van der Waals surface area (Å²) in [5, 5.41) is 10.6. The lowest BCUT2D eigenvalue weighted by Gasteiger charge is -2.32. The highest BCUT2D eigenvalue weighted by Gasteiger charge is 2.21. The fourth-order valence-electron chi connectivity index (χ4n) is 4.41. The van der Waals surface area contributed by atoms with E-state index in [1.165, 1.54) is 10.1 Å². The highest BCUT2D eigenvalue weighted by Crippen LogP contribution is 2.24. The van der Waals surface area contributed by atoms with Crippen molar-refractivity contribution in [2.24, 2.45) is 5.92 Å². The first kappa shape index (κ1) is 21.2. The Labute approximate surface area is 183 Å². The van der Waals surface area contributed by atoms with Gasteiger partial charge in [0.05, 0.1) is 13.7 Å². The molecule has 31 heavy (non-hydrogen) atoms. The van der Waals surface area contributed by atoms with Gasteiger partial charge in [0.1, 0.15) is 5.75 Å². The van der Waals surface area contributed by atoms with Gasteiger partial charge >= 0.3 is 0 Å². The van der Waals surface area contributed by atoms with E-state index in [2.05, 4.69) is 35.2 Å². The molecule has 0 aliphatic carbocycles. The largest absolute Gasteiger partial charge is 0.503 e. The number of aromatic nitrogens is 1. The highest BCUT2D eigenvalue weighted by molar-refractivity contribution is 5.35. The minimum atomic E-state index is -0.359. The number of likely N-dealkylation sites (tertiary alicyclic amines) is 1. The number of hydrogen-bond acceptors (Lipinski definition) is 4. The van der Waals surface area contributed by atoms with Crippen LogP contribution in [0.25, 0.3) is 0 Å². The third-order valence-corrected chi connectivity index (χ3v) is 6.22. The SMILES string of the molecule is COc1ccccc1Cn1ccc(CN2CCC(Cc3ccccc3)CC2)c(O)c1=O. The van der Waals surface area contributed by atoms with Crippen LogP contribution in [0.4, 0.5) is 0 Å². The van der Waals surface area contributed by atoms with Crippen LogP contribution in [-0.2, 0) is 19.5 Å². The van der Waals surface area contributed by atoms with E-state index < -0.39 is 0 Å². The molecule has 0 unspecified atom stereocenters. The smallest absolute Gasteiger partial charge is 0.293 e. The third-order valence-electron chi connectivity index (χ3n) is 6.22. The van der Waals surface area contributed by atoms with Gasteiger partial charge in [-0.2, -0.15) is 0 Å². The summed E-state index contributed by atoms with van der Waals surface area (Å²) in [6, 6.07) is 20.1. The summed E-state index contributed by atoms with van der Waals surface area (Å²) in [7, 11) is 1.62. The second-order valence-electron chi connectivity index (χ2n) is 8.34. The fraction of sp³-hybridized carbons (Fsp3) is 0.346. The monoisotopic (exact) mass is 418 g/mol. The Morgan fingerprint density at radius 1 is 0.935 bits per heavy atom. The maximum Gasteiger partial charge on any atom is 0.293 e. The van der Waals surface area contributed by atoms with Crippen molar-refractivity contribution in [2.75, 3.05) is 20.2 Å². The molecule has 0 amide bonds. The topological polar surface area (TPSA) is 54.7 Å².